The molecule has 1 aromatic heterocycles. The largest absolute Gasteiger partial charge is 0.508 e. The molecular weight excluding hydrogens is 552 g/mol. The number of hydrogen-bond donors (Lipinski definition) is 9. The second kappa shape index (κ2) is 11.1. The van der Waals surface area contributed by atoms with Crippen LogP contribution in [0.2, 0.25) is 0 Å². The number of hydrogen-bond acceptors (Lipinski definition) is 15. The molecule has 3 heterocycles. The van der Waals surface area contributed by atoms with Gasteiger partial charge in [0.05, 0.1) is 25.4 Å². The molecule has 3 aromatic rings. The predicted octanol–water partition coefficient (Wildman–Crippen LogP) is -1.78. The lowest BCUT2D eigenvalue weighted by molar-refractivity contribution is -0.289. The second-order valence-electron chi connectivity index (χ2n) is 9.83. The number of phenols is 3. The van der Waals surface area contributed by atoms with Gasteiger partial charge in [0.15, 0.2) is 17.6 Å². The highest BCUT2D eigenvalue weighted by Crippen LogP contribution is 2.41. The van der Waals surface area contributed by atoms with Crippen molar-refractivity contribution in [2.24, 2.45) is 0 Å². The maximum Gasteiger partial charge on any atom is 0.229 e. The molecule has 0 saturated carbocycles. The van der Waals surface area contributed by atoms with E-state index < -0.39 is 102 Å². The molecule has 0 aliphatic carbocycles. The zero-order valence-electron chi connectivity index (χ0n) is 21.1. The van der Waals surface area contributed by atoms with Gasteiger partial charge >= 0.3 is 0 Å². The van der Waals surface area contributed by atoms with Crippen LogP contribution in [0.4, 0.5) is 0 Å². The molecule has 9 N–H and O–H groups in total. The first kappa shape index (κ1) is 29.0. The predicted molar refractivity (Wildman–Crippen MR) is 134 cm³/mol. The van der Waals surface area contributed by atoms with Crippen LogP contribution < -0.4 is 10.2 Å². The van der Waals surface area contributed by atoms with Crippen molar-refractivity contribution >= 4 is 11.0 Å². The molecule has 2 saturated heterocycles. The molecule has 0 amide bonds. The van der Waals surface area contributed by atoms with Crippen molar-refractivity contribution in [2.45, 2.75) is 48.7 Å². The van der Waals surface area contributed by atoms with Gasteiger partial charge in [0.2, 0.25) is 17.5 Å². The zero-order chi connectivity index (χ0) is 29.6. The number of aliphatic hydroxyl groups excluding tert-OH is 5. The number of phenolic OH excluding ortho intramolecular Hbond substituents is 3. The van der Waals surface area contributed by atoms with Gasteiger partial charge in [0, 0.05) is 6.07 Å². The molecule has 2 aliphatic heterocycles. The van der Waals surface area contributed by atoms with E-state index in [1.807, 2.05) is 0 Å². The van der Waals surface area contributed by atoms with Gasteiger partial charge in [-0.2, -0.15) is 0 Å². The lowest BCUT2D eigenvalue weighted by atomic mass is 9.99. The van der Waals surface area contributed by atoms with Crippen molar-refractivity contribution in [3.63, 3.8) is 0 Å². The van der Waals surface area contributed by atoms with Gasteiger partial charge in [-0.1, -0.05) is 12.1 Å². The molecule has 0 spiro atoms. The van der Waals surface area contributed by atoms with Crippen molar-refractivity contribution in [3.8, 4) is 34.1 Å². The minimum atomic E-state index is -1.97. The maximum absolute atomic E-state index is 13.3. The van der Waals surface area contributed by atoms with E-state index in [-0.39, 0.29) is 11.3 Å². The van der Waals surface area contributed by atoms with E-state index in [1.165, 1.54) is 24.3 Å². The highest BCUT2D eigenvalue weighted by atomic mass is 16.7. The van der Waals surface area contributed by atoms with E-state index in [4.69, 9.17) is 23.4 Å². The van der Waals surface area contributed by atoms with Gasteiger partial charge in [-0.25, -0.2) is 0 Å². The van der Waals surface area contributed by atoms with Gasteiger partial charge < -0.3 is 69.3 Å². The van der Waals surface area contributed by atoms with Crippen LogP contribution in [0, 0.1) is 0 Å². The molecule has 8 unspecified atom stereocenters. The summed E-state index contributed by atoms with van der Waals surface area (Å²) in [6, 6.07) is 6.39. The summed E-state index contributed by atoms with van der Waals surface area (Å²) in [6.07, 6.45) is -10.7. The van der Waals surface area contributed by atoms with Crippen molar-refractivity contribution in [1.29, 1.82) is 0 Å². The molecule has 0 bridgehead atoms. The Morgan fingerprint density at radius 1 is 0.951 bits per heavy atom. The third-order valence-corrected chi connectivity index (χ3v) is 7.05. The van der Waals surface area contributed by atoms with Gasteiger partial charge in [-0.15, -0.1) is 0 Å². The molecule has 5 rings (SSSR count). The summed E-state index contributed by atoms with van der Waals surface area (Å²) >= 11 is 0. The van der Waals surface area contributed by atoms with E-state index in [9.17, 15) is 50.8 Å². The number of fused-ring (bicyclic) bond motifs is 1. The van der Waals surface area contributed by atoms with Crippen LogP contribution in [-0.2, 0) is 14.2 Å². The lowest BCUT2D eigenvalue weighted by Crippen LogP contribution is -2.60. The quantitative estimate of drug-likeness (QED) is 0.150. The normalized spacial score (nSPS) is 31.9. The molecule has 222 valence electrons. The monoisotopic (exact) mass is 580 g/mol. The summed E-state index contributed by atoms with van der Waals surface area (Å²) in [7, 11) is 0. The molecule has 8 atom stereocenters. The number of aromatic hydroxyl groups is 3. The summed E-state index contributed by atoms with van der Waals surface area (Å²) in [5.41, 5.74) is -2.75. The average molecular weight is 580 g/mol. The fourth-order valence-electron chi connectivity index (χ4n) is 4.60. The van der Waals surface area contributed by atoms with Gasteiger partial charge in [0.25, 0.3) is 0 Å². The average Bonchev–Trinajstić information content (AvgIpc) is 3.24. The number of rotatable bonds is 7. The van der Waals surface area contributed by atoms with Crippen molar-refractivity contribution in [1.82, 2.24) is 0 Å². The fourth-order valence-corrected chi connectivity index (χ4v) is 4.60. The standard InChI is InChI=1S/C26H28O15/c27-8-26(36)9-39-25(23(26)35)38-7-15-18(32)19(33)20(34)24(40-15)41-21-14(30)5-13(29)16-17(31)12(6-37-22(16)21)10-1-3-11(28)4-2-10/h1-6,15,18-20,23-25,27-30,32-36H,7-9H2. The first-order chi connectivity index (χ1) is 19.4. The summed E-state index contributed by atoms with van der Waals surface area (Å²) in [5, 5.41) is 91.0. The van der Waals surface area contributed by atoms with Crippen LogP contribution in [0.25, 0.3) is 22.1 Å². The molecule has 15 nitrogen and oxygen atoms in total. The molecular formula is C26H28O15. The highest BCUT2D eigenvalue weighted by molar-refractivity contribution is 5.93. The van der Waals surface area contributed by atoms with E-state index >= 15 is 0 Å². The third-order valence-electron chi connectivity index (χ3n) is 7.05. The smallest absolute Gasteiger partial charge is 0.229 e. The van der Waals surface area contributed by atoms with E-state index in [1.54, 1.807) is 0 Å². The van der Waals surface area contributed by atoms with E-state index in [0.717, 1.165) is 12.3 Å². The Labute approximate surface area is 230 Å². The van der Waals surface area contributed by atoms with E-state index in [2.05, 4.69) is 0 Å². The van der Waals surface area contributed by atoms with Crippen LogP contribution >= 0.6 is 0 Å². The fraction of sp³-hybridized carbons (Fsp3) is 0.423. The number of aliphatic hydroxyl groups is 6. The van der Waals surface area contributed by atoms with Gasteiger partial charge in [0.1, 0.15) is 59.3 Å². The van der Waals surface area contributed by atoms with Crippen LogP contribution in [0.15, 0.2) is 45.8 Å². The Morgan fingerprint density at radius 3 is 2.32 bits per heavy atom. The Hall–Kier alpha value is -3.51. The van der Waals surface area contributed by atoms with Gasteiger partial charge in [-0.05, 0) is 17.7 Å². The van der Waals surface area contributed by atoms with Crippen LogP contribution in [0.5, 0.6) is 23.0 Å². The molecule has 2 aliphatic rings. The molecule has 2 fully saturated rings. The maximum atomic E-state index is 13.3. The van der Waals surface area contributed by atoms with Gasteiger partial charge in [-0.3, -0.25) is 4.79 Å². The van der Waals surface area contributed by atoms with Crippen molar-refractivity contribution in [2.75, 3.05) is 19.8 Å². The summed E-state index contributed by atoms with van der Waals surface area (Å²) in [4.78, 5) is 13.3. The molecule has 2 aromatic carbocycles. The topological polar surface area (TPSA) is 249 Å². The summed E-state index contributed by atoms with van der Waals surface area (Å²) in [5.74, 6) is -1.94. The molecule has 0 radical (unpaired) electrons. The van der Waals surface area contributed by atoms with Crippen molar-refractivity contribution < 1.29 is 69.3 Å². The Bertz CT molecular complexity index is 1460. The SMILES string of the molecule is O=c1c(-c2ccc(O)cc2)coc2c(OC3OC(COC4OCC(O)(CO)C4O)C(O)C(O)C3O)c(O)cc(O)c12. The second-order valence-corrected chi connectivity index (χ2v) is 9.83. The Morgan fingerprint density at radius 2 is 1.66 bits per heavy atom. The third kappa shape index (κ3) is 5.19. The summed E-state index contributed by atoms with van der Waals surface area (Å²) in [6.45, 7) is -1.81. The Balaban J connectivity index is 1.41. The minimum absolute atomic E-state index is 0.0126. The first-order valence-corrected chi connectivity index (χ1v) is 12.4. The zero-order valence-corrected chi connectivity index (χ0v) is 21.1. The van der Waals surface area contributed by atoms with Crippen LogP contribution in [0.1, 0.15) is 0 Å². The minimum Gasteiger partial charge on any atom is -0.508 e. The Kier molecular flexibility index (Phi) is 7.82. The van der Waals surface area contributed by atoms with Crippen LogP contribution in [-0.4, -0.2) is 114 Å². The summed E-state index contributed by atoms with van der Waals surface area (Å²) < 4.78 is 27.2. The lowest BCUT2D eigenvalue weighted by Gasteiger charge is -2.40. The first-order valence-electron chi connectivity index (χ1n) is 12.4. The number of ether oxygens (including phenoxy) is 4. The number of benzene rings is 2. The molecule has 15 heteroatoms. The van der Waals surface area contributed by atoms with Crippen LogP contribution in [0.3, 0.4) is 0 Å². The highest BCUT2D eigenvalue weighted by Gasteiger charge is 2.50. The van der Waals surface area contributed by atoms with Crippen molar-refractivity contribution in [3.05, 3.63) is 46.8 Å². The van der Waals surface area contributed by atoms with E-state index in [0.29, 0.717) is 5.56 Å². The molecule has 41 heavy (non-hydrogen) atoms.